The molecule has 1 fully saturated rings. The average molecular weight is 251 g/mol. The summed E-state index contributed by atoms with van der Waals surface area (Å²) in [7, 11) is 0. The molecule has 0 aromatic carbocycles. The summed E-state index contributed by atoms with van der Waals surface area (Å²) in [5.41, 5.74) is -0.0920. The van der Waals surface area contributed by atoms with Gasteiger partial charge >= 0.3 is 0 Å². The van der Waals surface area contributed by atoms with E-state index in [1.165, 1.54) is 23.2 Å². The molecule has 1 saturated heterocycles. The number of halogens is 1. The van der Waals surface area contributed by atoms with Crippen LogP contribution in [0.25, 0.3) is 0 Å². The third-order valence-electron chi connectivity index (χ3n) is 2.97. The second-order valence-electron chi connectivity index (χ2n) is 4.06. The van der Waals surface area contributed by atoms with Gasteiger partial charge in [0.2, 0.25) is 11.9 Å². The monoisotopic (exact) mass is 251 g/mol. The van der Waals surface area contributed by atoms with Crippen LogP contribution < -0.4 is 5.32 Å². The maximum atomic E-state index is 13.5. The van der Waals surface area contributed by atoms with Crippen LogP contribution in [0, 0.1) is 5.95 Å². The smallest absolute Gasteiger partial charge is 0.259 e. The number of amides is 2. The van der Waals surface area contributed by atoms with Gasteiger partial charge < -0.3 is 10.2 Å². The van der Waals surface area contributed by atoms with Crippen LogP contribution in [0.2, 0.25) is 0 Å². The van der Waals surface area contributed by atoms with Crippen molar-refractivity contribution in [3.63, 3.8) is 0 Å². The number of aromatic nitrogens is 1. The maximum absolute atomic E-state index is 13.5. The fourth-order valence-corrected chi connectivity index (χ4v) is 2.06. The molecule has 1 unspecified atom stereocenters. The van der Waals surface area contributed by atoms with E-state index in [2.05, 4.69) is 10.3 Å². The molecule has 5 nitrogen and oxygen atoms in total. The molecule has 1 aromatic rings. The van der Waals surface area contributed by atoms with Crippen molar-refractivity contribution in [2.24, 2.45) is 0 Å². The second-order valence-corrected chi connectivity index (χ2v) is 4.06. The Bertz CT molecular complexity index is 478. The zero-order valence-electron chi connectivity index (χ0n) is 10.0. The van der Waals surface area contributed by atoms with Crippen LogP contribution in [0.1, 0.15) is 23.7 Å². The first-order valence-electron chi connectivity index (χ1n) is 5.84. The Kier molecular flexibility index (Phi) is 3.55. The van der Waals surface area contributed by atoms with Gasteiger partial charge in [-0.15, -0.1) is 0 Å². The largest absolute Gasteiger partial charge is 0.353 e. The maximum Gasteiger partial charge on any atom is 0.259 e. The number of carbonyl (C=O) groups excluding carboxylic acids is 2. The van der Waals surface area contributed by atoms with Gasteiger partial charge in [0.05, 0.1) is 5.56 Å². The first-order chi connectivity index (χ1) is 8.65. The highest BCUT2D eigenvalue weighted by Gasteiger charge is 2.33. The number of pyridine rings is 1. The van der Waals surface area contributed by atoms with Gasteiger partial charge in [0.1, 0.15) is 6.04 Å². The zero-order valence-corrected chi connectivity index (χ0v) is 10.0. The molecule has 0 bridgehead atoms. The number of nitrogens with one attached hydrogen (secondary N) is 1. The zero-order chi connectivity index (χ0) is 13.1. The Labute approximate surface area is 104 Å². The van der Waals surface area contributed by atoms with Gasteiger partial charge in [-0.2, -0.15) is 4.39 Å². The fourth-order valence-electron chi connectivity index (χ4n) is 2.06. The van der Waals surface area contributed by atoms with Crippen LogP contribution in [-0.4, -0.2) is 40.8 Å². The summed E-state index contributed by atoms with van der Waals surface area (Å²) in [5, 5.41) is 2.69. The van der Waals surface area contributed by atoms with Gasteiger partial charge in [-0.05, 0) is 18.6 Å². The number of rotatable bonds is 2. The van der Waals surface area contributed by atoms with Crippen molar-refractivity contribution in [1.29, 1.82) is 0 Å². The molecule has 1 atom stereocenters. The highest BCUT2D eigenvalue weighted by Crippen LogP contribution is 2.14. The SMILES string of the molecule is CCC1C(=O)NCCN1C(=O)c1cccnc1F. The molecule has 1 N–H and O–H groups in total. The minimum atomic E-state index is -0.802. The number of piperazine rings is 1. The van der Waals surface area contributed by atoms with Crippen molar-refractivity contribution >= 4 is 11.8 Å². The minimum absolute atomic E-state index is 0.0920. The predicted octanol–water partition coefficient (Wildman–Crippen LogP) is 0.571. The molecular weight excluding hydrogens is 237 g/mol. The van der Waals surface area contributed by atoms with Crippen molar-refractivity contribution in [3.8, 4) is 0 Å². The van der Waals surface area contributed by atoms with Crippen molar-refractivity contribution in [1.82, 2.24) is 15.2 Å². The summed E-state index contributed by atoms with van der Waals surface area (Å²) in [6.07, 6.45) is 1.78. The summed E-state index contributed by atoms with van der Waals surface area (Å²) in [6.45, 7) is 2.59. The van der Waals surface area contributed by atoms with E-state index >= 15 is 0 Å². The molecule has 6 heteroatoms. The van der Waals surface area contributed by atoms with E-state index in [0.717, 1.165) is 0 Å². The molecule has 1 aliphatic heterocycles. The highest BCUT2D eigenvalue weighted by atomic mass is 19.1. The fraction of sp³-hybridized carbons (Fsp3) is 0.417. The molecule has 2 amide bonds. The molecule has 2 rings (SSSR count). The standard InChI is InChI=1S/C12H14FN3O2/c1-2-9-11(17)15-6-7-16(9)12(18)8-4-3-5-14-10(8)13/h3-5,9H,2,6-7H2,1H3,(H,15,17). The van der Waals surface area contributed by atoms with Crippen molar-refractivity contribution in [3.05, 3.63) is 29.8 Å². The lowest BCUT2D eigenvalue weighted by atomic mass is 10.1. The van der Waals surface area contributed by atoms with Gasteiger partial charge in [0.25, 0.3) is 5.91 Å². The Balaban J connectivity index is 2.27. The highest BCUT2D eigenvalue weighted by molar-refractivity contribution is 5.98. The van der Waals surface area contributed by atoms with Crippen LogP contribution >= 0.6 is 0 Å². The number of carbonyl (C=O) groups is 2. The van der Waals surface area contributed by atoms with Gasteiger partial charge in [-0.3, -0.25) is 9.59 Å². The Morgan fingerprint density at radius 1 is 1.67 bits per heavy atom. The number of hydrogen-bond donors (Lipinski definition) is 1. The molecule has 1 aromatic heterocycles. The molecule has 0 radical (unpaired) electrons. The third-order valence-corrected chi connectivity index (χ3v) is 2.97. The van der Waals surface area contributed by atoms with Crippen molar-refractivity contribution in [2.75, 3.05) is 13.1 Å². The van der Waals surface area contributed by atoms with Crippen LogP contribution in [0.4, 0.5) is 4.39 Å². The molecule has 96 valence electrons. The average Bonchev–Trinajstić information content (AvgIpc) is 2.38. The third kappa shape index (κ3) is 2.18. The van der Waals surface area contributed by atoms with Crippen LogP contribution in [-0.2, 0) is 4.79 Å². The van der Waals surface area contributed by atoms with Crippen molar-refractivity contribution in [2.45, 2.75) is 19.4 Å². The molecular formula is C12H14FN3O2. The molecule has 2 heterocycles. The number of nitrogens with zero attached hydrogens (tertiary/aromatic N) is 2. The molecule has 1 aliphatic rings. The van der Waals surface area contributed by atoms with E-state index in [0.29, 0.717) is 19.5 Å². The van der Waals surface area contributed by atoms with E-state index < -0.39 is 17.9 Å². The lowest BCUT2D eigenvalue weighted by Gasteiger charge is -2.34. The van der Waals surface area contributed by atoms with Crippen LogP contribution in [0.15, 0.2) is 18.3 Å². The summed E-state index contributed by atoms with van der Waals surface area (Å²) < 4.78 is 13.5. The minimum Gasteiger partial charge on any atom is -0.353 e. The lowest BCUT2D eigenvalue weighted by molar-refractivity contribution is -0.127. The molecule has 0 aliphatic carbocycles. The quantitative estimate of drug-likeness (QED) is 0.782. The van der Waals surface area contributed by atoms with Gasteiger partial charge in [-0.1, -0.05) is 6.92 Å². The van der Waals surface area contributed by atoms with E-state index in [1.54, 1.807) is 0 Å². The van der Waals surface area contributed by atoms with E-state index in [1.807, 2.05) is 6.92 Å². The van der Waals surface area contributed by atoms with E-state index in [9.17, 15) is 14.0 Å². The Morgan fingerprint density at radius 2 is 2.44 bits per heavy atom. The van der Waals surface area contributed by atoms with E-state index in [4.69, 9.17) is 0 Å². The number of hydrogen-bond acceptors (Lipinski definition) is 3. The first-order valence-corrected chi connectivity index (χ1v) is 5.84. The van der Waals surface area contributed by atoms with Crippen molar-refractivity contribution < 1.29 is 14.0 Å². The Hall–Kier alpha value is -1.98. The van der Waals surface area contributed by atoms with E-state index in [-0.39, 0.29) is 11.5 Å². The summed E-state index contributed by atoms with van der Waals surface area (Å²) >= 11 is 0. The predicted molar refractivity (Wildman–Crippen MR) is 62.3 cm³/mol. The normalized spacial score (nSPS) is 19.6. The Morgan fingerprint density at radius 3 is 3.11 bits per heavy atom. The van der Waals surface area contributed by atoms with Gasteiger partial charge in [0.15, 0.2) is 0 Å². The van der Waals surface area contributed by atoms with Gasteiger partial charge in [0, 0.05) is 19.3 Å². The molecule has 18 heavy (non-hydrogen) atoms. The first kappa shape index (κ1) is 12.5. The summed E-state index contributed by atoms with van der Waals surface area (Å²) in [5.74, 6) is -1.48. The summed E-state index contributed by atoms with van der Waals surface area (Å²) in [6, 6.07) is 2.34. The second kappa shape index (κ2) is 5.12. The van der Waals surface area contributed by atoms with Crippen LogP contribution in [0.5, 0.6) is 0 Å². The molecule has 0 spiro atoms. The lowest BCUT2D eigenvalue weighted by Crippen LogP contribution is -2.57. The van der Waals surface area contributed by atoms with Crippen LogP contribution in [0.3, 0.4) is 0 Å². The summed E-state index contributed by atoms with van der Waals surface area (Å²) in [4.78, 5) is 28.7. The van der Waals surface area contributed by atoms with Gasteiger partial charge in [-0.25, -0.2) is 4.98 Å². The molecule has 0 saturated carbocycles. The topological polar surface area (TPSA) is 62.3 Å².